The Morgan fingerprint density at radius 3 is 2.47 bits per heavy atom. The van der Waals surface area contributed by atoms with Crippen molar-refractivity contribution in [3.05, 3.63) is 99.2 Å². The van der Waals surface area contributed by atoms with Crippen LogP contribution >= 0.6 is 11.6 Å². The number of rotatable bonds is 6. The molecule has 0 fully saturated rings. The summed E-state index contributed by atoms with van der Waals surface area (Å²) in [5.41, 5.74) is 1.04. The summed E-state index contributed by atoms with van der Waals surface area (Å²) in [7, 11) is 0. The number of nitro groups is 1. The predicted octanol–water partition coefficient (Wildman–Crippen LogP) is 5.31. The summed E-state index contributed by atoms with van der Waals surface area (Å²) >= 11 is 6.12. The standard InChI is InChI=1S/C23H16ClN3O5/c1-14(28)26(32-18-9-5-8-17(13-18)27(30)31)22-19-11-10-16(24)12-20(19)25-21(22)23(29)15-6-3-2-4-7-15/h2-13,25H,1H3. The Morgan fingerprint density at radius 1 is 1.03 bits per heavy atom. The first-order valence-electron chi connectivity index (χ1n) is 9.49. The van der Waals surface area contributed by atoms with Crippen molar-refractivity contribution in [3.63, 3.8) is 0 Å². The van der Waals surface area contributed by atoms with Gasteiger partial charge in [0.15, 0.2) is 5.75 Å². The molecule has 0 radical (unpaired) electrons. The van der Waals surface area contributed by atoms with E-state index in [1.165, 1.54) is 31.2 Å². The quantitative estimate of drug-likeness (QED) is 0.244. The van der Waals surface area contributed by atoms with Gasteiger partial charge in [-0.05, 0) is 24.3 Å². The second-order valence-electron chi connectivity index (χ2n) is 6.89. The van der Waals surface area contributed by atoms with Crippen molar-refractivity contribution in [1.29, 1.82) is 0 Å². The smallest absolute Gasteiger partial charge is 0.273 e. The predicted molar refractivity (Wildman–Crippen MR) is 120 cm³/mol. The van der Waals surface area contributed by atoms with Crippen LogP contribution in [0.3, 0.4) is 0 Å². The van der Waals surface area contributed by atoms with Gasteiger partial charge in [0.05, 0.1) is 11.0 Å². The van der Waals surface area contributed by atoms with E-state index in [0.29, 0.717) is 21.5 Å². The number of aromatic amines is 1. The zero-order valence-corrected chi connectivity index (χ0v) is 17.5. The van der Waals surface area contributed by atoms with E-state index >= 15 is 0 Å². The van der Waals surface area contributed by atoms with Crippen LogP contribution in [0.2, 0.25) is 5.02 Å². The second-order valence-corrected chi connectivity index (χ2v) is 7.33. The van der Waals surface area contributed by atoms with Crippen molar-refractivity contribution in [2.24, 2.45) is 0 Å². The van der Waals surface area contributed by atoms with Gasteiger partial charge in [0.25, 0.3) is 11.6 Å². The molecular weight excluding hydrogens is 434 g/mol. The third-order valence-electron chi connectivity index (χ3n) is 4.71. The summed E-state index contributed by atoms with van der Waals surface area (Å²) in [6.07, 6.45) is 0. The van der Waals surface area contributed by atoms with Crippen LogP contribution in [0.4, 0.5) is 11.4 Å². The van der Waals surface area contributed by atoms with E-state index in [0.717, 1.165) is 5.06 Å². The van der Waals surface area contributed by atoms with Gasteiger partial charge in [-0.25, -0.2) is 0 Å². The summed E-state index contributed by atoms with van der Waals surface area (Å²) in [5.74, 6) is -0.827. The lowest BCUT2D eigenvalue weighted by Gasteiger charge is -2.21. The summed E-state index contributed by atoms with van der Waals surface area (Å²) < 4.78 is 0. The highest BCUT2D eigenvalue weighted by atomic mass is 35.5. The normalized spacial score (nSPS) is 10.7. The Hall–Kier alpha value is -4.17. The Morgan fingerprint density at radius 2 is 1.78 bits per heavy atom. The van der Waals surface area contributed by atoms with Gasteiger partial charge < -0.3 is 9.82 Å². The molecule has 4 rings (SSSR count). The largest absolute Gasteiger partial charge is 0.372 e. The number of hydrogen-bond donors (Lipinski definition) is 1. The van der Waals surface area contributed by atoms with Crippen molar-refractivity contribution in [3.8, 4) is 5.75 Å². The molecule has 1 N–H and O–H groups in total. The highest BCUT2D eigenvalue weighted by Crippen LogP contribution is 2.35. The molecule has 0 atom stereocenters. The molecule has 3 aromatic carbocycles. The van der Waals surface area contributed by atoms with E-state index in [1.807, 2.05) is 0 Å². The topological polar surface area (TPSA) is 106 Å². The highest BCUT2D eigenvalue weighted by molar-refractivity contribution is 6.31. The molecule has 160 valence electrons. The van der Waals surface area contributed by atoms with Gasteiger partial charge in [-0.2, -0.15) is 0 Å². The maximum absolute atomic E-state index is 13.3. The number of anilines is 1. The zero-order valence-electron chi connectivity index (χ0n) is 16.7. The lowest BCUT2D eigenvalue weighted by atomic mass is 10.1. The van der Waals surface area contributed by atoms with Crippen LogP contribution < -0.4 is 9.90 Å². The van der Waals surface area contributed by atoms with E-state index in [9.17, 15) is 19.7 Å². The van der Waals surface area contributed by atoms with Gasteiger partial charge in [0.2, 0.25) is 5.78 Å². The van der Waals surface area contributed by atoms with Crippen molar-refractivity contribution < 1.29 is 19.3 Å². The minimum atomic E-state index is -0.566. The lowest BCUT2D eigenvalue weighted by molar-refractivity contribution is -0.384. The molecule has 1 amide bonds. The average molecular weight is 450 g/mol. The number of aromatic nitrogens is 1. The van der Waals surface area contributed by atoms with Gasteiger partial charge >= 0.3 is 0 Å². The summed E-state index contributed by atoms with van der Waals surface area (Å²) in [6.45, 7) is 1.27. The number of benzene rings is 3. The molecule has 0 saturated carbocycles. The molecule has 32 heavy (non-hydrogen) atoms. The Labute approximate surface area is 187 Å². The fourth-order valence-corrected chi connectivity index (χ4v) is 3.46. The van der Waals surface area contributed by atoms with Crippen LogP contribution in [0.15, 0.2) is 72.8 Å². The molecule has 8 nitrogen and oxygen atoms in total. The van der Waals surface area contributed by atoms with Gasteiger partial charge in [-0.1, -0.05) is 48.0 Å². The Kier molecular flexibility index (Phi) is 5.61. The maximum atomic E-state index is 13.3. The van der Waals surface area contributed by atoms with Gasteiger partial charge in [0, 0.05) is 34.5 Å². The fourth-order valence-electron chi connectivity index (χ4n) is 3.29. The Bertz CT molecular complexity index is 1350. The van der Waals surface area contributed by atoms with Crippen LogP contribution in [0.5, 0.6) is 5.75 Å². The van der Waals surface area contributed by atoms with Crippen molar-refractivity contribution in [2.75, 3.05) is 5.06 Å². The van der Waals surface area contributed by atoms with Gasteiger partial charge in [0.1, 0.15) is 11.4 Å². The molecule has 1 aromatic heterocycles. The summed E-state index contributed by atoms with van der Waals surface area (Å²) in [5, 5.41) is 13.0. The SMILES string of the molecule is CC(=O)N(Oc1cccc([N+](=O)[O-])c1)c1c(C(=O)c2ccccc2)[nH]c2cc(Cl)ccc12. The van der Waals surface area contributed by atoms with Crippen LogP contribution in [0.1, 0.15) is 23.0 Å². The first-order chi connectivity index (χ1) is 15.3. The van der Waals surface area contributed by atoms with E-state index in [4.69, 9.17) is 16.4 Å². The minimum absolute atomic E-state index is 0.0656. The summed E-state index contributed by atoms with van der Waals surface area (Å²) in [6, 6.07) is 18.9. The van der Waals surface area contributed by atoms with Crippen molar-refractivity contribution >= 4 is 45.6 Å². The van der Waals surface area contributed by atoms with E-state index in [-0.39, 0.29) is 28.6 Å². The number of non-ortho nitro benzene ring substituents is 1. The molecule has 9 heteroatoms. The number of H-pyrrole nitrogens is 1. The second kappa shape index (κ2) is 8.52. The minimum Gasteiger partial charge on any atom is -0.372 e. The number of carbonyl (C=O) groups excluding carboxylic acids is 2. The van der Waals surface area contributed by atoms with Gasteiger partial charge in [-0.15, -0.1) is 5.06 Å². The average Bonchev–Trinajstić information content (AvgIpc) is 3.15. The Balaban J connectivity index is 1.88. The van der Waals surface area contributed by atoms with E-state index in [2.05, 4.69) is 4.98 Å². The molecule has 0 unspecified atom stereocenters. The third kappa shape index (κ3) is 4.03. The molecule has 0 aliphatic carbocycles. The number of fused-ring (bicyclic) bond motifs is 1. The number of amides is 1. The number of nitro benzene ring substituents is 1. The van der Waals surface area contributed by atoms with Crippen LogP contribution in [-0.2, 0) is 4.79 Å². The molecule has 0 spiro atoms. The number of hydrogen-bond acceptors (Lipinski definition) is 5. The lowest BCUT2D eigenvalue weighted by Crippen LogP contribution is -2.33. The molecular formula is C23H16ClN3O5. The molecule has 0 aliphatic rings. The zero-order chi connectivity index (χ0) is 22.8. The first kappa shape index (κ1) is 21.1. The number of ketones is 1. The first-order valence-corrected chi connectivity index (χ1v) is 9.87. The molecule has 0 bridgehead atoms. The van der Waals surface area contributed by atoms with E-state index < -0.39 is 10.8 Å². The third-order valence-corrected chi connectivity index (χ3v) is 4.95. The van der Waals surface area contributed by atoms with E-state index in [1.54, 1.807) is 48.5 Å². The van der Waals surface area contributed by atoms with Crippen LogP contribution in [0.25, 0.3) is 10.9 Å². The fraction of sp³-hybridized carbons (Fsp3) is 0.0435. The van der Waals surface area contributed by atoms with Crippen LogP contribution in [-0.4, -0.2) is 21.6 Å². The van der Waals surface area contributed by atoms with Crippen molar-refractivity contribution in [1.82, 2.24) is 4.98 Å². The van der Waals surface area contributed by atoms with Crippen molar-refractivity contribution in [2.45, 2.75) is 6.92 Å². The summed E-state index contributed by atoms with van der Waals surface area (Å²) in [4.78, 5) is 45.2. The number of nitrogens with one attached hydrogen (secondary N) is 1. The molecule has 1 heterocycles. The number of carbonyl (C=O) groups is 2. The molecule has 4 aromatic rings. The monoisotopic (exact) mass is 449 g/mol. The maximum Gasteiger partial charge on any atom is 0.273 e. The molecule has 0 aliphatic heterocycles. The van der Waals surface area contributed by atoms with Gasteiger partial charge in [-0.3, -0.25) is 19.7 Å². The number of nitrogens with zero attached hydrogens (tertiary/aromatic N) is 2. The number of halogens is 1. The van der Waals surface area contributed by atoms with Crippen LogP contribution in [0, 0.1) is 10.1 Å². The number of hydroxylamine groups is 1. The molecule has 0 saturated heterocycles. The highest BCUT2D eigenvalue weighted by Gasteiger charge is 2.28.